The standard InChI is InChI=1S/C15H20ClNO3/c1-9(2)13(15(19)20)17-14(18)10(3)8-11-6-4-5-7-12(11)16/h4-7,9-10,13H,8H2,1-3H3,(H,17,18)(H,19,20)/t10?,13-/m1/s1. The molecule has 5 heteroatoms. The lowest BCUT2D eigenvalue weighted by Gasteiger charge is -2.20. The van der Waals surface area contributed by atoms with Crippen LogP contribution in [0.2, 0.25) is 5.02 Å². The van der Waals surface area contributed by atoms with Gasteiger partial charge in [0.15, 0.2) is 0 Å². The number of carbonyl (C=O) groups is 2. The first-order valence-electron chi connectivity index (χ1n) is 6.59. The van der Waals surface area contributed by atoms with Crippen LogP contribution in [-0.2, 0) is 16.0 Å². The second kappa shape index (κ2) is 7.29. The number of carboxylic acid groups (broad SMARTS) is 1. The van der Waals surface area contributed by atoms with E-state index >= 15 is 0 Å². The maximum absolute atomic E-state index is 12.1. The van der Waals surface area contributed by atoms with E-state index in [1.807, 2.05) is 18.2 Å². The summed E-state index contributed by atoms with van der Waals surface area (Å²) in [5.74, 6) is -1.79. The average molecular weight is 298 g/mol. The van der Waals surface area contributed by atoms with Crippen molar-refractivity contribution in [3.8, 4) is 0 Å². The van der Waals surface area contributed by atoms with Crippen molar-refractivity contribution < 1.29 is 14.7 Å². The van der Waals surface area contributed by atoms with E-state index in [1.54, 1.807) is 26.8 Å². The second-order valence-corrected chi connectivity index (χ2v) is 5.67. The lowest BCUT2D eigenvalue weighted by atomic mass is 9.98. The molecule has 2 N–H and O–H groups in total. The molecule has 0 spiro atoms. The van der Waals surface area contributed by atoms with Gasteiger partial charge in [-0.3, -0.25) is 4.79 Å². The minimum Gasteiger partial charge on any atom is -0.480 e. The summed E-state index contributed by atoms with van der Waals surface area (Å²) in [5.41, 5.74) is 0.883. The molecule has 2 atom stereocenters. The third-order valence-corrected chi connectivity index (χ3v) is 3.53. The van der Waals surface area contributed by atoms with Gasteiger partial charge in [0.05, 0.1) is 0 Å². The van der Waals surface area contributed by atoms with Crippen LogP contribution in [0.1, 0.15) is 26.3 Å². The first-order valence-corrected chi connectivity index (χ1v) is 6.97. The Morgan fingerprint density at radius 2 is 1.85 bits per heavy atom. The fourth-order valence-corrected chi connectivity index (χ4v) is 2.11. The van der Waals surface area contributed by atoms with Crippen molar-refractivity contribution in [1.82, 2.24) is 5.32 Å². The van der Waals surface area contributed by atoms with Crippen molar-refractivity contribution in [2.75, 3.05) is 0 Å². The molecule has 1 unspecified atom stereocenters. The van der Waals surface area contributed by atoms with E-state index in [9.17, 15) is 9.59 Å². The summed E-state index contributed by atoms with van der Waals surface area (Å²) >= 11 is 6.05. The summed E-state index contributed by atoms with van der Waals surface area (Å²) in [7, 11) is 0. The first-order chi connectivity index (χ1) is 9.32. The predicted octanol–water partition coefficient (Wildman–Crippen LogP) is 2.74. The highest BCUT2D eigenvalue weighted by Gasteiger charge is 2.25. The predicted molar refractivity (Wildman–Crippen MR) is 78.7 cm³/mol. The number of halogens is 1. The first kappa shape index (κ1) is 16.5. The SMILES string of the molecule is CC(Cc1ccccc1Cl)C(=O)N[C@@H](C(=O)O)C(C)C. The van der Waals surface area contributed by atoms with Crippen molar-refractivity contribution in [1.29, 1.82) is 0 Å². The highest BCUT2D eigenvalue weighted by molar-refractivity contribution is 6.31. The topological polar surface area (TPSA) is 66.4 Å². The van der Waals surface area contributed by atoms with Gasteiger partial charge in [-0.05, 0) is 24.0 Å². The van der Waals surface area contributed by atoms with E-state index in [0.29, 0.717) is 11.4 Å². The second-order valence-electron chi connectivity index (χ2n) is 5.27. The zero-order valence-corrected chi connectivity index (χ0v) is 12.6. The van der Waals surface area contributed by atoms with E-state index in [2.05, 4.69) is 5.32 Å². The fourth-order valence-electron chi connectivity index (χ4n) is 1.90. The molecule has 0 saturated carbocycles. The van der Waals surface area contributed by atoms with Crippen LogP contribution in [0.25, 0.3) is 0 Å². The largest absolute Gasteiger partial charge is 0.480 e. The summed E-state index contributed by atoms with van der Waals surface area (Å²) in [4.78, 5) is 23.1. The number of carbonyl (C=O) groups excluding carboxylic acids is 1. The Balaban J connectivity index is 2.68. The summed E-state index contributed by atoms with van der Waals surface area (Å²) in [6.07, 6.45) is 0.482. The number of hydrogen-bond donors (Lipinski definition) is 2. The summed E-state index contributed by atoms with van der Waals surface area (Å²) in [5, 5.41) is 12.3. The minimum atomic E-state index is -1.02. The van der Waals surface area contributed by atoms with Crippen molar-refractivity contribution in [2.45, 2.75) is 33.2 Å². The van der Waals surface area contributed by atoms with Gasteiger partial charge in [-0.25, -0.2) is 4.79 Å². The van der Waals surface area contributed by atoms with E-state index in [1.165, 1.54) is 0 Å². The van der Waals surface area contributed by atoms with Crippen molar-refractivity contribution in [2.24, 2.45) is 11.8 Å². The van der Waals surface area contributed by atoms with E-state index in [0.717, 1.165) is 5.56 Å². The van der Waals surface area contributed by atoms with Gasteiger partial charge in [0.2, 0.25) is 5.91 Å². The number of carboxylic acids is 1. The molecule has 0 heterocycles. The Morgan fingerprint density at radius 1 is 1.25 bits per heavy atom. The highest BCUT2D eigenvalue weighted by Crippen LogP contribution is 2.19. The van der Waals surface area contributed by atoms with Gasteiger partial charge in [0, 0.05) is 10.9 Å². The fraction of sp³-hybridized carbons (Fsp3) is 0.467. The highest BCUT2D eigenvalue weighted by atomic mass is 35.5. The lowest BCUT2D eigenvalue weighted by molar-refractivity contribution is -0.143. The summed E-state index contributed by atoms with van der Waals surface area (Å²) < 4.78 is 0. The van der Waals surface area contributed by atoms with Gasteiger partial charge in [0.1, 0.15) is 6.04 Å². The molecule has 110 valence electrons. The van der Waals surface area contributed by atoms with Crippen LogP contribution in [0.5, 0.6) is 0 Å². The van der Waals surface area contributed by atoms with E-state index in [4.69, 9.17) is 16.7 Å². The average Bonchev–Trinajstić information content (AvgIpc) is 2.37. The molecule has 0 fully saturated rings. The van der Waals surface area contributed by atoms with Crippen LogP contribution in [0.4, 0.5) is 0 Å². The molecule has 4 nitrogen and oxygen atoms in total. The van der Waals surface area contributed by atoms with Gasteiger partial charge in [0.25, 0.3) is 0 Å². The molecule has 0 aliphatic heterocycles. The molecule has 0 aliphatic carbocycles. The molecule has 0 bridgehead atoms. The van der Waals surface area contributed by atoms with E-state index < -0.39 is 12.0 Å². The number of rotatable bonds is 6. The number of hydrogen-bond acceptors (Lipinski definition) is 2. The number of aliphatic carboxylic acids is 1. The number of amides is 1. The summed E-state index contributed by atoms with van der Waals surface area (Å²) in [6.45, 7) is 5.29. The molecule has 1 rings (SSSR count). The van der Waals surface area contributed by atoms with Gasteiger partial charge in [-0.1, -0.05) is 50.6 Å². The third kappa shape index (κ3) is 4.53. The van der Waals surface area contributed by atoms with Crippen LogP contribution in [-0.4, -0.2) is 23.0 Å². The molecule has 20 heavy (non-hydrogen) atoms. The Morgan fingerprint density at radius 3 is 2.35 bits per heavy atom. The molecule has 1 aromatic carbocycles. The van der Waals surface area contributed by atoms with Gasteiger partial charge in [-0.2, -0.15) is 0 Å². The monoisotopic (exact) mass is 297 g/mol. The maximum atomic E-state index is 12.1. The van der Waals surface area contributed by atoms with Gasteiger partial charge >= 0.3 is 5.97 Å². The Labute approximate surface area is 124 Å². The van der Waals surface area contributed by atoms with Crippen LogP contribution < -0.4 is 5.32 Å². The molecular formula is C15H20ClNO3. The Kier molecular flexibility index (Phi) is 6.02. The van der Waals surface area contributed by atoms with Crippen molar-refractivity contribution >= 4 is 23.5 Å². The van der Waals surface area contributed by atoms with Crippen molar-refractivity contribution in [3.05, 3.63) is 34.9 Å². The zero-order valence-electron chi connectivity index (χ0n) is 11.9. The molecule has 1 aromatic rings. The number of nitrogens with one attached hydrogen (secondary N) is 1. The van der Waals surface area contributed by atoms with Crippen LogP contribution >= 0.6 is 11.6 Å². The quantitative estimate of drug-likeness (QED) is 0.848. The van der Waals surface area contributed by atoms with Crippen LogP contribution in [0.3, 0.4) is 0 Å². The summed E-state index contributed by atoms with van der Waals surface area (Å²) in [6, 6.07) is 6.46. The Hall–Kier alpha value is -1.55. The van der Waals surface area contributed by atoms with E-state index in [-0.39, 0.29) is 17.7 Å². The number of benzene rings is 1. The minimum absolute atomic E-state index is 0.163. The molecule has 1 amide bonds. The van der Waals surface area contributed by atoms with Crippen LogP contribution in [0, 0.1) is 11.8 Å². The molecule has 0 aromatic heterocycles. The van der Waals surface area contributed by atoms with Crippen LogP contribution in [0.15, 0.2) is 24.3 Å². The zero-order chi connectivity index (χ0) is 15.3. The van der Waals surface area contributed by atoms with Crippen molar-refractivity contribution in [3.63, 3.8) is 0 Å². The van der Waals surface area contributed by atoms with Gasteiger partial charge in [-0.15, -0.1) is 0 Å². The smallest absolute Gasteiger partial charge is 0.326 e. The van der Waals surface area contributed by atoms with Gasteiger partial charge < -0.3 is 10.4 Å². The molecule has 0 radical (unpaired) electrons. The Bertz CT molecular complexity index is 488. The third-order valence-electron chi connectivity index (χ3n) is 3.16. The molecular weight excluding hydrogens is 278 g/mol. The molecule has 0 saturated heterocycles. The maximum Gasteiger partial charge on any atom is 0.326 e. The lowest BCUT2D eigenvalue weighted by Crippen LogP contribution is -2.46. The normalized spacial score (nSPS) is 13.8. The molecule has 0 aliphatic rings.